The van der Waals surface area contributed by atoms with Gasteiger partial charge in [-0.25, -0.2) is 13.4 Å². The van der Waals surface area contributed by atoms with E-state index in [0.717, 1.165) is 11.1 Å². The van der Waals surface area contributed by atoms with Crippen LogP contribution in [0.15, 0.2) is 69.7 Å². The minimum absolute atomic E-state index is 0.0364. The Labute approximate surface area is 200 Å². The number of rotatable bonds is 5. The number of benzene rings is 2. The molecule has 0 radical (unpaired) electrons. The first-order chi connectivity index (χ1) is 16.5. The number of H-pyrrole nitrogens is 1. The van der Waals surface area contributed by atoms with Crippen molar-refractivity contribution >= 4 is 31.6 Å². The molecule has 172 valence electrons. The molecule has 1 fully saturated rings. The Morgan fingerprint density at radius 3 is 2.47 bits per heavy atom. The lowest BCUT2D eigenvalue weighted by Gasteiger charge is -2.33. The van der Waals surface area contributed by atoms with Crippen LogP contribution >= 0.6 is 11.3 Å². The molecular formula is C24H21N5O3S2. The number of aromatic nitrogens is 2. The predicted molar refractivity (Wildman–Crippen MR) is 131 cm³/mol. The van der Waals surface area contributed by atoms with Crippen LogP contribution in [-0.4, -0.2) is 53.8 Å². The zero-order valence-electron chi connectivity index (χ0n) is 18.1. The van der Waals surface area contributed by atoms with E-state index in [2.05, 4.69) is 14.9 Å². The molecule has 2 aromatic carbocycles. The first-order valence-corrected chi connectivity index (χ1v) is 13.1. The van der Waals surface area contributed by atoms with Crippen molar-refractivity contribution in [3.05, 3.63) is 81.7 Å². The van der Waals surface area contributed by atoms with E-state index in [0.29, 0.717) is 48.8 Å². The van der Waals surface area contributed by atoms with Gasteiger partial charge in [-0.05, 0) is 17.7 Å². The Kier molecular flexibility index (Phi) is 6.02. The number of hydrogen-bond donors (Lipinski definition) is 1. The van der Waals surface area contributed by atoms with Gasteiger partial charge in [0.2, 0.25) is 10.0 Å². The normalized spacial score (nSPS) is 15.4. The van der Waals surface area contributed by atoms with Crippen molar-refractivity contribution in [2.45, 2.75) is 11.4 Å². The first kappa shape index (κ1) is 22.4. The molecular weight excluding hydrogens is 470 g/mol. The van der Waals surface area contributed by atoms with Crippen molar-refractivity contribution in [2.24, 2.45) is 0 Å². The molecule has 0 saturated carbocycles. The molecule has 34 heavy (non-hydrogen) atoms. The minimum Gasteiger partial charge on any atom is -0.309 e. The number of thiophene rings is 1. The standard InChI is InChI=1S/C24H21N5O3S2/c25-14-18-8-4-5-9-20(18)34(31,32)29-12-10-28(11-13-29)15-21-26-23(30)22-19(16-33-24(22)27-21)17-6-2-1-3-7-17/h1-9,16H,10-13,15H2,(H,26,27,30). The van der Waals surface area contributed by atoms with Gasteiger partial charge in [-0.1, -0.05) is 42.5 Å². The molecule has 3 heterocycles. The second kappa shape index (κ2) is 9.12. The maximum absolute atomic E-state index is 13.0. The number of nitriles is 1. The fourth-order valence-corrected chi connectivity index (χ4v) is 6.69. The molecule has 10 heteroatoms. The van der Waals surface area contributed by atoms with Crippen molar-refractivity contribution in [3.63, 3.8) is 0 Å². The Balaban J connectivity index is 1.31. The topological polar surface area (TPSA) is 110 Å². The van der Waals surface area contributed by atoms with Gasteiger partial charge in [-0.2, -0.15) is 9.57 Å². The van der Waals surface area contributed by atoms with Crippen LogP contribution in [0.25, 0.3) is 21.3 Å². The molecule has 5 rings (SSSR count). The number of sulfonamides is 1. The maximum Gasteiger partial charge on any atom is 0.260 e. The molecule has 1 saturated heterocycles. The molecule has 2 aromatic heterocycles. The van der Waals surface area contributed by atoms with Crippen LogP contribution in [0.3, 0.4) is 0 Å². The molecule has 4 aromatic rings. The van der Waals surface area contributed by atoms with Crippen LogP contribution in [-0.2, 0) is 16.6 Å². The van der Waals surface area contributed by atoms with Crippen molar-refractivity contribution in [1.82, 2.24) is 19.2 Å². The van der Waals surface area contributed by atoms with Crippen molar-refractivity contribution in [3.8, 4) is 17.2 Å². The monoisotopic (exact) mass is 491 g/mol. The van der Waals surface area contributed by atoms with E-state index < -0.39 is 10.0 Å². The Bertz CT molecular complexity index is 1550. The first-order valence-electron chi connectivity index (χ1n) is 10.7. The lowest BCUT2D eigenvalue weighted by Crippen LogP contribution is -2.48. The minimum atomic E-state index is -3.75. The van der Waals surface area contributed by atoms with Crippen molar-refractivity contribution < 1.29 is 8.42 Å². The summed E-state index contributed by atoms with van der Waals surface area (Å²) in [6.07, 6.45) is 0. The van der Waals surface area contributed by atoms with Gasteiger partial charge in [0.25, 0.3) is 5.56 Å². The van der Waals surface area contributed by atoms with Crippen molar-refractivity contribution in [2.75, 3.05) is 26.2 Å². The van der Waals surface area contributed by atoms with Crippen LogP contribution in [0.5, 0.6) is 0 Å². The molecule has 0 aliphatic carbocycles. The number of hydrogen-bond acceptors (Lipinski definition) is 7. The third-order valence-corrected chi connectivity index (χ3v) is 8.74. The molecule has 1 N–H and O–H groups in total. The summed E-state index contributed by atoms with van der Waals surface area (Å²) in [4.78, 5) is 23.2. The van der Waals surface area contributed by atoms with E-state index in [1.807, 2.05) is 41.8 Å². The van der Waals surface area contributed by atoms with Crippen LogP contribution in [0.4, 0.5) is 0 Å². The van der Waals surface area contributed by atoms with Gasteiger partial charge in [0.05, 0.1) is 22.4 Å². The van der Waals surface area contributed by atoms with E-state index in [9.17, 15) is 18.5 Å². The molecule has 0 amide bonds. The third-order valence-electron chi connectivity index (χ3n) is 5.91. The number of fused-ring (bicyclic) bond motifs is 1. The van der Waals surface area contributed by atoms with Gasteiger partial charge in [0, 0.05) is 37.1 Å². The van der Waals surface area contributed by atoms with Crippen LogP contribution < -0.4 is 5.56 Å². The van der Waals surface area contributed by atoms with Crippen LogP contribution in [0.1, 0.15) is 11.4 Å². The molecule has 1 aliphatic heterocycles. The molecule has 0 unspecified atom stereocenters. The summed E-state index contributed by atoms with van der Waals surface area (Å²) in [5, 5.41) is 11.8. The summed E-state index contributed by atoms with van der Waals surface area (Å²) in [5.74, 6) is 0.560. The summed E-state index contributed by atoms with van der Waals surface area (Å²) >= 11 is 1.44. The Hall–Kier alpha value is -3.36. The summed E-state index contributed by atoms with van der Waals surface area (Å²) in [7, 11) is -3.75. The molecule has 0 atom stereocenters. The molecule has 0 spiro atoms. The highest BCUT2D eigenvalue weighted by molar-refractivity contribution is 7.89. The third kappa shape index (κ3) is 4.15. The zero-order chi connectivity index (χ0) is 23.7. The van der Waals surface area contributed by atoms with Gasteiger partial charge in [0.15, 0.2) is 0 Å². The average Bonchev–Trinajstić information content (AvgIpc) is 3.29. The summed E-state index contributed by atoms with van der Waals surface area (Å²) in [6, 6.07) is 18.0. The fourth-order valence-electron chi connectivity index (χ4n) is 4.16. The van der Waals surface area contributed by atoms with Gasteiger partial charge in [-0.15, -0.1) is 11.3 Å². The van der Waals surface area contributed by atoms with Gasteiger partial charge in [-0.3, -0.25) is 9.69 Å². The Morgan fingerprint density at radius 1 is 1.03 bits per heavy atom. The average molecular weight is 492 g/mol. The predicted octanol–water partition coefficient (Wildman–Crippen LogP) is 3.03. The molecule has 0 bridgehead atoms. The summed E-state index contributed by atoms with van der Waals surface area (Å²) in [5.41, 5.74) is 1.82. The highest BCUT2D eigenvalue weighted by Crippen LogP contribution is 2.30. The quantitative estimate of drug-likeness (QED) is 0.460. The maximum atomic E-state index is 13.0. The van der Waals surface area contributed by atoms with E-state index in [4.69, 9.17) is 0 Å². The zero-order valence-corrected chi connectivity index (χ0v) is 19.8. The second-order valence-corrected chi connectivity index (χ2v) is 10.8. The highest BCUT2D eigenvalue weighted by atomic mass is 32.2. The van der Waals surface area contributed by atoms with Gasteiger partial charge >= 0.3 is 0 Å². The molecule has 1 aliphatic rings. The summed E-state index contributed by atoms with van der Waals surface area (Å²) < 4.78 is 27.5. The number of piperazine rings is 1. The van der Waals surface area contributed by atoms with E-state index >= 15 is 0 Å². The highest BCUT2D eigenvalue weighted by Gasteiger charge is 2.30. The van der Waals surface area contributed by atoms with E-state index in [1.54, 1.807) is 12.1 Å². The van der Waals surface area contributed by atoms with E-state index in [1.165, 1.54) is 27.8 Å². The number of aromatic amines is 1. The van der Waals surface area contributed by atoms with Crippen molar-refractivity contribution in [1.29, 1.82) is 5.26 Å². The number of nitrogens with zero attached hydrogens (tertiary/aromatic N) is 4. The summed E-state index contributed by atoms with van der Waals surface area (Å²) in [6.45, 7) is 2.01. The Morgan fingerprint density at radius 2 is 1.74 bits per heavy atom. The SMILES string of the molecule is N#Cc1ccccc1S(=O)(=O)N1CCN(Cc2nc3scc(-c4ccccc4)c3c(=O)[nH]2)CC1. The van der Waals surface area contributed by atoms with Crippen LogP contribution in [0, 0.1) is 11.3 Å². The largest absolute Gasteiger partial charge is 0.309 e. The number of nitrogens with one attached hydrogen (secondary N) is 1. The smallest absolute Gasteiger partial charge is 0.260 e. The second-order valence-electron chi connectivity index (χ2n) is 8.00. The van der Waals surface area contributed by atoms with Gasteiger partial charge in [0.1, 0.15) is 16.7 Å². The van der Waals surface area contributed by atoms with Crippen LogP contribution in [0.2, 0.25) is 0 Å². The fraction of sp³-hybridized carbons (Fsp3) is 0.208. The van der Waals surface area contributed by atoms with Gasteiger partial charge < -0.3 is 4.98 Å². The lowest BCUT2D eigenvalue weighted by molar-refractivity contribution is 0.178. The lowest BCUT2D eigenvalue weighted by atomic mass is 10.1. The molecule has 8 nitrogen and oxygen atoms in total. The van der Waals surface area contributed by atoms with E-state index in [-0.39, 0.29) is 16.0 Å².